The molecular weight excluding hydrogens is 210 g/mol. The molecule has 4 N–H and O–H groups in total. The summed E-state index contributed by atoms with van der Waals surface area (Å²) in [6, 6.07) is 6.14. The van der Waals surface area contributed by atoms with Crippen LogP contribution in [-0.4, -0.2) is 30.3 Å². The average molecular weight is 225 g/mol. The molecule has 0 aliphatic carbocycles. The standard InChI is InChI=1S/C10H10O4.CH5N/c1-14-9(10(12)13)6-7-2-4-8(11)5-3-7;1-2/h2-6,11H,1H3,(H,12,13);2H2,1H3. The van der Waals surface area contributed by atoms with Gasteiger partial charge in [-0.25, -0.2) is 4.79 Å². The molecule has 1 rings (SSSR count). The molecule has 0 unspecified atom stereocenters. The summed E-state index contributed by atoms with van der Waals surface area (Å²) in [4.78, 5) is 10.6. The number of rotatable bonds is 3. The number of aliphatic carboxylic acids is 1. The van der Waals surface area contributed by atoms with Gasteiger partial charge >= 0.3 is 5.97 Å². The van der Waals surface area contributed by atoms with Crippen LogP contribution < -0.4 is 5.73 Å². The molecule has 0 amide bonds. The van der Waals surface area contributed by atoms with Crippen LogP contribution in [0.5, 0.6) is 5.75 Å². The lowest BCUT2D eigenvalue weighted by molar-refractivity contribution is -0.135. The van der Waals surface area contributed by atoms with Crippen molar-refractivity contribution in [1.82, 2.24) is 0 Å². The fourth-order valence-corrected chi connectivity index (χ4v) is 0.930. The van der Waals surface area contributed by atoms with Crippen molar-refractivity contribution in [2.45, 2.75) is 0 Å². The number of ether oxygens (including phenoxy) is 1. The van der Waals surface area contributed by atoms with E-state index in [1.54, 1.807) is 12.1 Å². The molecule has 0 atom stereocenters. The summed E-state index contributed by atoms with van der Waals surface area (Å²) < 4.78 is 4.64. The minimum absolute atomic E-state index is 0.136. The van der Waals surface area contributed by atoms with Crippen molar-refractivity contribution in [3.63, 3.8) is 0 Å². The van der Waals surface area contributed by atoms with Gasteiger partial charge in [-0.2, -0.15) is 0 Å². The summed E-state index contributed by atoms with van der Waals surface area (Å²) >= 11 is 0. The predicted octanol–water partition coefficient (Wildman–Crippen LogP) is 1.04. The topological polar surface area (TPSA) is 92.8 Å². The van der Waals surface area contributed by atoms with E-state index >= 15 is 0 Å². The Bertz CT molecular complexity index is 357. The first-order valence-corrected chi connectivity index (χ1v) is 4.49. The summed E-state index contributed by atoms with van der Waals surface area (Å²) in [6.07, 6.45) is 1.38. The quantitative estimate of drug-likeness (QED) is 0.528. The van der Waals surface area contributed by atoms with Crippen molar-refractivity contribution in [3.05, 3.63) is 35.6 Å². The van der Waals surface area contributed by atoms with Crippen LogP contribution in [0.15, 0.2) is 30.0 Å². The minimum atomic E-state index is -1.12. The molecule has 0 aromatic heterocycles. The second-order valence-electron chi connectivity index (χ2n) is 2.61. The van der Waals surface area contributed by atoms with Crippen LogP contribution in [0, 0.1) is 0 Å². The van der Waals surface area contributed by atoms with Crippen LogP contribution in [0.4, 0.5) is 0 Å². The van der Waals surface area contributed by atoms with Crippen LogP contribution in [0.1, 0.15) is 5.56 Å². The van der Waals surface area contributed by atoms with E-state index in [0.29, 0.717) is 5.56 Å². The van der Waals surface area contributed by atoms with E-state index in [1.807, 2.05) is 0 Å². The number of methoxy groups -OCH3 is 1. The number of carbonyl (C=O) groups is 1. The zero-order chi connectivity index (χ0) is 12.6. The van der Waals surface area contributed by atoms with Crippen molar-refractivity contribution >= 4 is 12.0 Å². The number of hydrogen-bond donors (Lipinski definition) is 3. The van der Waals surface area contributed by atoms with Gasteiger partial charge in [-0.1, -0.05) is 12.1 Å². The van der Waals surface area contributed by atoms with Crippen LogP contribution in [0.25, 0.3) is 6.08 Å². The number of benzene rings is 1. The number of hydrogen-bond acceptors (Lipinski definition) is 4. The van der Waals surface area contributed by atoms with E-state index in [4.69, 9.17) is 10.2 Å². The van der Waals surface area contributed by atoms with Crippen LogP contribution in [0.3, 0.4) is 0 Å². The van der Waals surface area contributed by atoms with E-state index in [2.05, 4.69) is 10.5 Å². The fraction of sp³-hybridized carbons (Fsp3) is 0.182. The lowest BCUT2D eigenvalue weighted by Gasteiger charge is -2.00. The Balaban J connectivity index is 0.00000106. The van der Waals surface area contributed by atoms with Gasteiger partial charge in [0.2, 0.25) is 5.76 Å². The number of phenols is 1. The Morgan fingerprint density at radius 1 is 1.31 bits per heavy atom. The van der Waals surface area contributed by atoms with Crippen LogP contribution in [0.2, 0.25) is 0 Å². The molecule has 5 nitrogen and oxygen atoms in total. The smallest absolute Gasteiger partial charge is 0.371 e. The summed E-state index contributed by atoms with van der Waals surface area (Å²) in [5, 5.41) is 17.6. The van der Waals surface area contributed by atoms with Gasteiger partial charge in [-0.3, -0.25) is 0 Å². The summed E-state index contributed by atoms with van der Waals surface area (Å²) in [6.45, 7) is 0. The van der Waals surface area contributed by atoms with E-state index in [9.17, 15) is 4.79 Å². The van der Waals surface area contributed by atoms with E-state index in [0.717, 1.165) is 0 Å². The summed E-state index contributed by atoms with van der Waals surface area (Å²) in [5.74, 6) is -1.13. The molecule has 0 bridgehead atoms. The normalized spacial score (nSPS) is 10.1. The first kappa shape index (κ1) is 14.0. The molecule has 1 aromatic carbocycles. The third-order valence-electron chi connectivity index (χ3n) is 1.62. The van der Waals surface area contributed by atoms with Crippen molar-refractivity contribution in [1.29, 1.82) is 0 Å². The van der Waals surface area contributed by atoms with Crippen molar-refractivity contribution in [2.75, 3.05) is 14.2 Å². The van der Waals surface area contributed by atoms with E-state index in [1.165, 1.54) is 32.4 Å². The highest BCUT2D eigenvalue weighted by Gasteiger charge is 2.05. The van der Waals surface area contributed by atoms with Crippen molar-refractivity contribution in [3.8, 4) is 5.75 Å². The highest BCUT2D eigenvalue weighted by molar-refractivity contribution is 5.89. The van der Waals surface area contributed by atoms with Gasteiger partial charge in [0.1, 0.15) is 5.75 Å². The van der Waals surface area contributed by atoms with Gasteiger partial charge in [0.25, 0.3) is 0 Å². The van der Waals surface area contributed by atoms with Gasteiger partial charge in [0, 0.05) is 0 Å². The zero-order valence-electron chi connectivity index (χ0n) is 9.18. The molecule has 88 valence electrons. The highest BCUT2D eigenvalue weighted by atomic mass is 16.5. The maximum absolute atomic E-state index is 10.6. The summed E-state index contributed by atoms with van der Waals surface area (Å²) in [7, 11) is 2.79. The number of carboxylic acid groups (broad SMARTS) is 1. The molecule has 0 saturated heterocycles. The molecule has 0 heterocycles. The second kappa shape index (κ2) is 7.30. The molecular formula is C11H15NO4. The fourth-order valence-electron chi connectivity index (χ4n) is 0.930. The number of nitrogens with two attached hydrogens (primary N) is 1. The average Bonchev–Trinajstić information content (AvgIpc) is 2.30. The molecule has 0 saturated carbocycles. The maximum atomic E-state index is 10.6. The Labute approximate surface area is 93.8 Å². The molecule has 5 heteroatoms. The number of phenolic OH excluding ortho intramolecular Hbond substituents is 1. The molecule has 0 spiro atoms. The molecule has 0 radical (unpaired) electrons. The Morgan fingerprint density at radius 3 is 2.19 bits per heavy atom. The number of carboxylic acids is 1. The SMILES string of the molecule is CN.COC(=Cc1ccc(O)cc1)C(=O)O. The number of aromatic hydroxyl groups is 1. The van der Waals surface area contributed by atoms with Crippen LogP contribution >= 0.6 is 0 Å². The lowest BCUT2D eigenvalue weighted by atomic mass is 10.2. The lowest BCUT2D eigenvalue weighted by Crippen LogP contribution is -2.01. The Hall–Kier alpha value is -2.01. The molecule has 0 aliphatic rings. The maximum Gasteiger partial charge on any atom is 0.371 e. The first-order chi connectivity index (χ1) is 7.63. The van der Waals surface area contributed by atoms with Crippen molar-refractivity contribution < 1.29 is 19.7 Å². The van der Waals surface area contributed by atoms with Gasteiger partial charge in [0.05, 0.1) is 7.11 Å². The third-order valence-corrected chi connectivity index (χ3v) is 1.62. The largest absolute Gasteiger partial charge is 0.508 e. The second-order valence-corrected chi connectivity index (χ2v) is 2.61. The predicted molar refractivity (Wildman–Crippen MR) is 60.8 cm³/mol. The molecule has 0 aliphatic heterocycles. The van der Waals surface area contributed by atoms with Gasteiger partial charge < -0.3 is 20.7 Å². The van der Waals surface area contributed by atoms with Crippen LogP contribution in [-0.2, 0) is 9.53 Å². The molecule has 1 aromatic rings. The zero-order valence-corrected chi connectivity index (χ0v) is 9.18. The van der Waals surface area contributed by atoms with E-state index in [-0.39, 0.29) is 11.5 Å². The minimum Gasteiger partial charge on any atom is -0.508 e. The molecule has 16 heavy (non-hydrogen) atoms. The van der Waals surface area contributed by atoms with Crippen molar-refractivity contribution in [2.24, 2.45) is 5.73 Å². The monoisotopic (exact) mass is 225 g/mol. The molecule has 0 fully saturated rings. The van der Waals surface area contributed by atoms with Gasteiger partial charge in [-0.05, 0) is 30.8 Å². The Kier molecular flexibility index (Phi) is 6.39. The Morgan fingerprint density at radius 2 is 1.81 bits per heavy atom. The van der Waals surface area contributed by atoms with Gasteiger partial charge in [0.15, 0.2) is 0 Å². The highest BCUT2D eigenvalue weighted by Crippen LogP contribution is 2.12. The summed E-state index contributed by atoms with van der Waals surface area (Å²) in [5.41, 5.74) is 5.15. The van der Waals surface area contributed by atoms with E-state index < -0.39 is 5.97 Å². The third kappa shape index (κ3) is 4.47. The van der Waals surface area contributed by atoms with Gasteiger partial charge in [-0.15, -0.1) is 0 Å². The first-order valence-electron chi connectivity index (χ1n) is 4.49.